The highest BCUT2D eigenvalue weighted by Gasteiger charge is 2.18. The molecule has 1 aliphatic carbocycles. The van der Waals surface area contributed by atoms with E-state index in [1.807, 2.05) is 6.07 Å². The Labute approximate surface area is 101 Å². The summed E-state index contributed by atoms with van der Waals surface area (Å²) < 4.78 is 10.7. The van der Waals surface area contributed by atoms with Gasteiger partial charge >= 0.3 is 0 Å². The molecule has 0 radical (unpaired) electrons. The maximum atomic E-state index is 5.40. The zero-order valence-electron chi connectivity index (χ0n) is 9.98. The Hall–Kier alpha value is -1.48. The van der Waals surface area contributed by atoms with Crippen LogP contribution in [0.15, 0.2) is 30.4 Å². The second-order valence-electron chi connectivity index (χ2n) is 4.64. The normalized spacial score (nSPS) is 19.8. The second-order valence-corrected chi connectivity index (χ2v) is 4.64. The van der Waals surface area contributed by atoms with E-state index >= 15 is 0 Å². The van der Waals surface area contributed by atoms with Crippen molar-refractivity contribution in [3.8, 4) is 11.5 Å². The molecule has 3 rings (SSSR count). The molecule has 90 valence electrons. The molecular formula is C14H17NO2. The smallest absolute Gasteiger partial charge is 0.231 e. The first kappa shape index (κ1) is 10.7. The third-order valence-electron chi connectivity index (χ3n) is 3.39. The Balaban J connectivity index is 1.70. The quantitative estimate of drug-likeness (QED) is 0.811. The molecule has 3 nitrogen and oxygen atoms in total. The van der Waals surface area contributed by atoms with Crippen LogP contribution in [0, 0.1) is 0 Å². The van der Waals surface area contributed by atoms with Crippen molar-refractivity contribution >= 4 is 0 Å². The average molecular weight is 231 g/mol. The summed E-state index contributed by atoms with van der Waals surface area (Å²) in [5.74, 6) is 1.71. The van der Waals surface area contributed by atoms with Crippen LogP contribution in [-0.4, -0.2) is 12.8 Å². The fourth-order valence-electron chi connectivity index (χ4n) is 2.39. The number of ether oxygens (including phenoxy) is 2. The molecule has 0 aromatic heterocycles. The van der Waals surface area contributed by atoms with Gasteiger partial charge in [0.2, 0.25) is 6.79 Å². The molecule has 1 atom stereocenters. The highest BCUT2D eigenvalue weighted by atomic mass is 16.7. The average Bonchev–Trinajstić information content (AvgIpc) is 2.97. The lowest BCUT2D eigenvalue weighted by Gasteiger charge is -2.19. The van der Waals surface area contributed by atoms with Gasteiger partial charge in [0.05, 0.1) is 0 Å². The van der Waals surface area contributed by atoms with Crippen molar-refractivity contribution in [1.82, 2.24) is 5.32 Å². The Bertz CT molecular complexity index is 434. The van der Waals surface area contributed by atoms with E-state index in [2.05, 4.69) is 36.5 Å². The molecule has 1 N–H and O–H groups in total. The van der Waals surface area contributed by atoms with E-state index < -0.39 is 0 Å². The van der Waals surface area contributed by atoms with E-state index in [1.165, 1.54) is 5.56 Å². The van der Waals surface area contributed by atoms with Crippen LogP contribution < -0.4 is 14.8 Å². The van der Waals surface area contributed by atoms with Crippen molar-refractivity contribution in [2.45, 2.75) is 31.8 Å². The van der Waals surface area contributed by atoms with Gasteiger partial charge in [-0.1, -0.05) is 18.2 Å². The monoisotopic (exact) mass is 231 g/mol. The van der Waals surface area contributed by atoms with Crippen LogP contribution in [0.3, 0.4) is 0 Å². The summed E-state index contributed by atoms with van der Waals surface area (Å²) in [5.41, 5.74) is 1.25. The summed E-state index contributed by atoms with van der Waals surface area (Å²) in [6.07, 6.45) is 6.75. The Morgan fingerprint density at radius 1 is 1.18 bits per heavy atom. The SMILES string of the molecule is CC(NC1CC=CC1)c1ccc2c(c1)OCO2. The number of benzene rings is 1. The van der Waals surface area contributed by atoms with Gasteiger partial charge in [-0.3, -0.25) is 0 Å². The number of hydrogen-bond acceptors (Lipinski definition) is 3. The second kappa shape index (κ2) is 4.41. The van der Waals surface area contributed by atoms with Crippen LogP contribution in [0.2, 0.25) is 0 Å². The van der Waals surface area contributed by atoms with Gasteiger partial charge in [-0.25, -0.2) is 0 Å². The summed E-state index contributed by atoms with van der Waals surface area (Å²) in [7, 11) is 0. The first-order valence-electron chi connectivity index (χ1n) is 6.13. The first-order valence-corrected chi connectivity index (χ1v) is 6.13. The molecule has 0 amide bonds. The fraction of sp³-hybridized carbons (Fsp3) is 0.429. The van der Waals surface area contributed by atoms with E-state index in [-0.39, 0.29) is 0 Å². The van der Waals surface area contributed by atoms with Gasteiger partial charge in [0.15, 0.2) is 11.5 Å². The van der Waals surface area contributed by atoms with Gasteiger partial charge in [0.1, 0.15) is 0 Å². The van der Waals surface area contributed by atoms with Crippen LogP contribution in [0.1, 0.15) is 31.4 Å². The molecule has 17 heavy (non-hydrogen) atoms. The molecule has 0 bridgehead atoms. The molecule has 3 heteroatoms. The van der Waals surface area contributed by atoms with Gasteiger partial charge in [-0.15, -0.1) is 0 Å². The Kier molecular flexibility index (Phi) is 2.77. The molecule has 1 aromatic rings. The predicted molar refractivity (Wildman–Crippen MR) is 66.3 cm³/mol. The molecule has 0 spiro atoms. The van der Waals surface area contributed by atoms with Gasteiger partial charge in [0.25, 0.3) is 0 Å². The van der Waals surface area contributed by atoms with E-state index in [0.29, 0.717) is 18.9 Å². The van der Waals surface area contributed by atoms with Crippen molar-refractivity contribution in [3.05, 3.63) is 35.9 Å². The van der Waals surface area contributed by atoms with Crippen LogP contribution in [0.5, 0.6) is 11.5 Å². The molecule has 2 aliphatic rings. The molecule has 0 saturated carbocycles. The van der Waals surface area contributed by atoms with E-state index in [1.54, 1.807) is 0 Å². The Morgan fingerprint density at radius 2 is 1.94 bits per heavy atom. The first-order chi connectivity index (χ1) is 8.33. The highest BCUT2D eigenvalue weighted by Crippen LogP contribution is 2.34. The van der Waals surface area contributed by atoms with Crippen LogP contribution in [0.4, 0.5) is 0 Å². The predicted octanol–water partition coefficient (Wildman–Crippen LogP) is 2.78. The van der Waals surface area contributed by atoms with Crippen LogP contribution >= 0.6 is 0 Å². The van der Waals surface area contributed by atoms with Crippen molar-refractivity contribution in [3.63, 3.8) is 0 Å². The van der Waals surface area contributed by atoms with Gasteiger partial charge < -0.3 is 14.8 Å². The third-order valence-corrected chi connectivity index (χ3v) is 3.39. The van der Waals surface area contributed by atoms with Crippen LogP contribution in [0.25, 0.3) is 0 Å². The molecule has 1 aliphatic heterocycles. The number of fused-ring (bicyclic) bond motifs is 1. The highest BCUT2D eigenvalue weighted by molar-refractivity contribution is 5.45. The fourth-order valence-corrected chi connectivity index (χ4v) is 2.39. The Morgan fingerprint density at radius 3 is 2.76 bits per heavy atom. The third kappa shape index (κ3) is 2.15. The lowest BCUT2D eigenvalue weighted by molar-refractivity contribution is 0.174. The number of nitrogens with one attached hydrogen (secondary N) is 1. The lowest BCUT2D eigenvalue weighted by atomic mass is 10.1. The van der Waals surface area contributed by atoms with Crippen molar-refractivity contribution in [2.75, 3.05) is 6.79 Å². The van der Waals surface area contributed by atoms with Crippen LogP contribution in [-0.2, 0) is 0 Å². The molecule has 1 heterocycles. The largest absolute Gasteiger partial charge is 0.454 e. The van der Waals surface area contributed by atoms with Gasteiger partial charge in [-0.2, -0.15) is 0 Å². The minimum atomic E-state index is 0.340. The zero-order chi connectivity index (χ0) is 11.7. The van der Waals surface area contributed by atoms with Crippen molar-refractivity contribution < 1.29 is 9.47 Å². The molecule has 1 aromatic carbocycles. The lowest BCUT2D eigenvalue weighted by Crippen LogP contribution is -2.29. The summed E-state index contributed by atoms with van der Waals surface area (Å²) in [4.78, 5) is 0. The summed E-state index contributed by atoms with van der Waals surface area (Å²) in [6.45, 7) is 2.53. The zero-order valence-corrected chi connectivity index (χ0v) is 9.98. The molecular weight excluding hydrogens is 214 g/mol. The molecule has 0 saturated heterocycles. The molecule has 0 fully saturated rings. The summed E-state index contributed by atoms with van der Waals surface area (Å²) in [5, 5.41) is 3.63. The van der Waals surface area contributed by atoms with Crippen molar-refractivity contribution in [2.24, 2.45) is 0 Å². The standard InChI is InChI=1S/C14H17NO2/c1-10(15-12-4-2-3-5-12)11-6-7-13-14(8-11)17-9-16-13/h2-3,6-8,10,12,15H,4-5,9H2,1H3. The minimum Gasteiger partial charge on any atom is -0.454 e. The molecule has 1 unspecified atom stereocenters. The summed E-state index contributed by atoms with van der Waals surface area (Å²) >= 11 is 0. The van der Waals surface area contributed by atoms with E-state index in [4.69, 9.17) is 9.47 Å². The van der Waals surface area contributed by atoms with Gasteiger partial charge in [0, 0.05) is 12.1 Å². The minimum absolute atomic E-state index is 0.340. The number of hydrogen-bond donors (Lipinski definition) is 1. The topological polar surface area (TPSA) is 30.5 Å². The summed E-state index contributed by atoms with van der Waals surface area (Å²) in [6, 6.07) is 7.09. The maximum Gasteiger partial charge on any atom is 0.231 e. The van der Waals surface area contributed by atoms with E-state index in [9.17, 15) is 0 Å². The van der Waals surface area contributed by atoms with E-state index in [0.717, 1.165) is 24.3 Å². The van der Waals surface area contributed by atoms with Crippen molar-refractivity contribution in [1.29, 1.82) is 0 Å². The van der Waals surface area contributed by atoms with Gasteiger partial charge in [-0.05, 0) is 37.5 Å². The number of rotatable bonds is 3. The maximum absolute atomic E-state index is 5.40.